The molecule has 0 saturated heterocycles. The second-order valence-electron chi connectivity index (χ2n) is 6.93. The van der Waals surface area contributed by atoms with E-state index < -0.39 is 0 Å². The van der Waals surface area contributed by atoms with E-state index in [0.717, 1.165) is 17.0 Å². The van der Waals surface area contributed by atoms with Crippen LogP contribution in [0.15, 0.2) is 42.5 Å². The molecule has 3 rings (SSSR count). The number of benzene rings is 2. The molecule has 1 aliphatic carbocycles. The number of halogens is 1. The first kappa shape index (κ1) is 16.7. The third-order valence-corrected chi connectivity index (χ3v) is 5.33. The maximum atomic E-state index is 14.6. The zero-order valence-corrected chi connectivity index (χ0v) is 14.3. The summed E-state index contributed by atoms with van der Waals surface area (Å²) in [5, 5.41) is 8.86. The second-order valence-corrected chi connectivity index (χ2v) is 6.93. The minimum absolute atomic E-state index is 0.159. The van der Waals surface area contributed by atoms with Crippen LogP contribution in [-0.2, 0) is 0 Å². The molecule has 1 fully saturated rings. The van der Waals surface area contributed by atoms with E-state index in [1.54, 1.807) is 18.2 Å². The monoisotopic (exact) mass is 321 g/mol. The van der Waals surface area contributed by atoms with E-state index in [-0.39, 0.29) is 5.82 Å². The van der Waals surface area contributed by atoms with Gasteiger partial charge in [-0.2, -0.15) is 5.26 Å². The first-order valence-corrected chi connectivity index (χ1v) is 9.01. The molecule has 0 unspecified atom stereocenters. The highest BCUT2D eigenvalue weighted by atomic mass is 19.1. The molecule has 0 N–H and O–H groups in total. The van der Waals surface area contributed by atoms with E-state index in [4.69, 9.17) is 5.26 Å². The van der Waals surface area contributed by atoms with Gasteiger partial charge < -0.3 is 0 Å². The molecule has 0 spiro atoms. The maximum Gasteiger partial charge on any atom is 0.131 e. The van der Waals surface area contributed by atoms with Gasteiger partial charge in [0, 0.05) is 5.56 Å². The van der Waals surface area contributed by atoms with Crippen molar-refractivity contribution in [3.8, 4) is 17.2 Å². The van der Waals surface area contributed by atoms with Gasteiger partial charge in [-0.15, -0.1) is 0 Å². The van der Waals surface area contributed by atoms with Gasteiger partial charge in [-0.3, -0.25) is 0 Å². The molecule has 1 nitrogen and oxygen atoms in total. The van der Waals surface area contributed by atoms with Gasteiger partial charge in [0.1, 0.15) is 5.82 Å². The highest BCUT2D eigenvalue weighted by Crippen LogP contribution is 2.38. The van der Waals surface area contributed by atoms with Crippen molar-refractivity contribution in [3.05, 3.63) is 59.4 Å². The average molecular weight is 321 g/mol. The van der Waals surface area contributed by atoms with Gasteiger partial charge in [0.15, 0.2) is 0 Å². The van der Waals surface area contributed by atoms with Crippen molar-refractivity contribution in [2.75, 3.05) is 0 Å². The highest BCUT2D eigenvalue weighted by Gasteiger charge is 2.22. The summed E-state index contributed by atoms with van der Waals surface area (Å²) >= 11 is 0. The van der Waals surface area contributed by atoms with Gasteiger partial charge >= 0.3 is 0 Å². The summed E-state index contributed by atoms with van der Waals surface area (Å²) < 4.78 is 14.6. The van der Waals surface area contributed by atoms with Crippen LogP contribution in [0.5, 0.6) is 0 Å². The van der Waals surface area contributed by atoms with E-state index >= 15 is 0 Å². The van der Waals surface area contributed by atoms with Crippen LogP contribution in [0.4, 0.5) is 4.39 Å². The summed E-state index contributed by atoms with van der Waals surface area (Å²) in [6.07, 6.45) is 7.51. The first-order valence-electron chi connectivity index (χ1n) is 9.01. The van der Waals surface area contributed by atoms with Crippen LogP contribution in [0.25, 0.3) is 11.1 Å². The standard InChI is InChI=1S/C22H24FN/c1-2-3-16-4-8-18(9-5-16)20-12-13-21(22(23)14-20)19-10-6-17(15-24)7-11-19/h6-7,10-14,16,18H,2-5,8-9H2,1H3. The third-order valence-electron chi connectivity index (χ3n) is 5.33. The molecule has 2 heteroatoms. The SMILES string of the molecule is CCCC1CCC(c2ccc(-c3ccc(C#N)cc3)c(F)c2)CC1. The van der Waals surface area contributed by atoms with E-state index in [0.29, 0.717) is 17.0 Å². The highest BCUT2D eigenvalue weighted by molar-refractivity contribution is 5.65. The summed E-state index contributed by atoms with van der Waals surface area (Å²) in [6, 6.07) is 14.9. The molecule has 0 aliphatic heterocycles. The van der Waals surface area contributed by atoms with Crippen molar-refractivity contribution < 1.29 is 4.39 Å². The number of nitriles is 1. The molecule has 24 heavy (non-hydrogen) atoms. The van der Waals surface area contributed by atoms with Crippen LogP contribution in [0.3, 0.4) is 0 Å². The Labute approximate surface area is 144 Å². The third kappa shape index (κ3) is 3.67. The molecule has 0 heterocycles. The molecule has 2 aromatic rings. The number of hydrogen-bond donors (Lipinski definition) is 0. The number of hydrogen-bond acceptors (Lipinski definition) is 1. The fourth-order valence-corrected chi connectivity index (χ4v) is 3.94. The lowest BCUT2D eigenvalue weighted by Crippen LogP contribution is -2.13. The van der Waals surface area contributed by atoms with Crippen molar-refractivity contribution in [2.24, 2.45) is 5.92 Å². The van der Waals surface area contributed by atoms with E-state index in [9.17, 15) is 4.39 Å². The van der Waals surface area contributed by atoms with E-state index in [1.165, 1.54) is 38.5 Å². The van der Waals surface area contributed by atoms with Gasteiger partial charge in [-0.05, 0) is 66.8 Å². The summed E-state index contributed by atoms with van der Waals surface area (Å²) in [7, 11) is 0. The zero-order chi connectivity index (χ0) is 16.9. The smallest absolute Gasteiger partial charge is 0.131 e. The Balaban J connectivity index is 1.74. The molecule has 1 saturated carbocycles. The summed E-state index contributed by atoms with van der Waals surface area (Å²) in [6.45, 7) is 2.25. The van der Waals surface area contributed by atoms with E-state index in [1.807, 2.05) is 18.2 Å². The molecule has 0 bridgehead atoms. The van der Waals surface area contributed by atoms with Crippen molar-refractivity contribution >= 4 is 0 Å². The van der Waals surface area contributed by atoms with Crippen molar-refractivity contribution in [1.29, 1.82) is 5.26 Å². The lowest BCUT2D eigenvalue weighted by Gasteiger charge is -2.28. The summed E-state index contributed by atoms with van der Waals surface area (Å²) in [4.78, 5) is 0. The van der Waals surface area contributed by atoms with Crippen LogP contribution < -0.4 is 0 Å². The second kappa shape index (κ2) is 7.62. The topological polar surface area (TPSA) is 23.8 Å². The average Bonchev–Trinajstić information content (AvgIpc) is 2.63. The predicted molar refractivity (Wildman–Crippen MR) is 96.2 cm³/mol. The molecule has 124 valence electrons. The quantitative estimate of drug-likeness (QED) is 0.636. The molecular formula is C22H24FN. The lowest BCUT2D eigenvalue weighted by atomic mass is 9.77. The molecular weight excluding hydrogens is 297 g/mol. The Morgan fingerprint density at radius 2 is 1.75 bits per heavy atom. The van der Waals surface area contributed by atoms with Gasteiger partial charge in [0.05, 0.1) is 11.6 Å². The van der Waals surface area contributed by atoms with Gasteiger partial charge in [-0.25, -0.2) is 4.39 Å². The van der Waals surface area contributed by atoms with Gasteiger partial charge in [0.25, 0.3) is 0 Å². The maximum absolute atomic E-state index is 14.6. The Morgan fingerprint density at radius 3 is 2.33 bits per heavy atom. The van der Waals surface area contributed by atoms with Crippen LogP contribution in [0.2, 0.25) is 0 Å². The Bertz CT molecular complexity index is 719. The minimum atomic E-state index is -0.159. The summed E-state index contributed by atoms with van der Waals surface area (Å²) in [5.41, 5.74) is 3.17. The molecule has 0 aromatic heterocycles. The van der Waals surface area contributed by atoms with Crippen molar-refractivity contribution in [1.82, 2.24) is 0 Å². The predicted octanol–water partition coefficient (Wildman–Crippen LogP) is 6.44. The van der Waals surface area contributed by atoms with Crippen LogP contribution in [-0.4, -0.2) is 0 Å². The molecule has 0 amide bonds. The Morgan fingerprint density at radius 1 is 1.04 bits per heavy atom. The molecule has 2 aromatic carbocycles. The zero-order valence-electron chi connectivity index (χ0n) is 14.3. The van der Waals surface area contributed by atoms with Crippen LogP contribution in [0.1, 0.15) is 62.5 Å². The number of nitrogens with zero attached hydrogens (tertiary/aromatic N) is 1. The van der Waals surface area contributed by atoms with Crippen LogP contribution in [0, 0.1) is 23.1 Å². The van der Waals surface area contributed by atoms with Crippen molar-refractivity contribution in [3.63, 3.8) is 0 Å². The molecule has 0 atom stereocenters. The summed E-state index contributed by atoms with van der Waals surface area (Å²) in [5.74, 6) is 1.21. The first-order chi connectivity index (χ1) is 11.7. The van der Waals surface area contributed by atoms with E-state index in [2.05, 4.69) is 19.1 Å². The Hall–Kier alpha value is -2.14. The molecule has 0 radical (unpaired) electrons. The van der Waals surface area contributed by atoms with Gasteiger partial charge in [0.2, 0.25) is 0 Å². The van der Waals surface area contributed by atoms with Crippen LogP contribution >= 0.6 is 0 Å². The minimum Gasteiger partial charge on any atom is -0.206 e. The largest absolute Gasteiger partial charge is 0.206 e. The lowest BCUT2D eigenvalue weighted by molar-refractivity contribution is 0.308. The van der Waals surface area contributed by atoms with Crippen molar-refractivity contribution in [2.45, 2.75) is 51.4 Å². The fraction of sp³-hybridized carbons (Fsp3) is 0.409. The molecule has 1 aliphatic rings. The Kier molecular flexibility index (Phi) is 5.30. The number of rotatable bonds is 4. The normalized spacial score (nSPS) is 20.5. The van der Waals surface area contributed by atoms with Gasteiger partial charge in [-0.1, -0.05) is 44.0 Å². The fourth-order valence-electron chi connectivity index (χ4n) is 3.94.